The maximum absolute atomic E-state index is 13.1. The second-order valence-electron chi connectivity index (χ2n) is 6.88. The lowest BCUT2D eigenvalue weighted by Gasteiger charge is -2.19. The zero-order chi connectivity index (χ0) is 21.7. The van der Waals surface area contributed by atoms with E-state index in [1.54, 1.807) is 24.3 Å². The fraction of sp³-hybridized carbons (Fsp3) is 0.318. The van der Waals surface area contributed by atoms with Crippen LogP contribution in [0.15, 0.2) is 48.5 Å². The van der Waals surface area contributed by atoms with Crippen molar-refractivity contribution in [3.63, 3.8) is 0 Å². The molecule has 2 unspecified atom stereocenters. The SMILES string of the molecule is COc1cccc(N2CC(C(=O)OC(CCCl)C(=O)c3ccc(F)cc3)CC2=O)c1. The third kappa shape index (κ3) is 4.97. The van der Waals surface area contributed by atoms with Gasteiger partial charge in [-0.3, -0.25) is 14.4 Å². The van der Waals surface area contributed by atoms with Crippen molar-refractivity contribution >= 4 is 34.9 Å². The van der Waals surface area contributed by atoms with Crippen molar-refractivity contribution in [2.75, 3.05) is 24.4 Å². The quantitative estimate of drug-likeness (QED) is 0.361. The van der Waals surface area contributed by atoms with Gasteiger partial charge in [-0.1, -0.05) is 6.07 Å². The van der Waals surface area contributed by atoms with E-state index >= 15 is 0 Å². The van der Waals surface area contributed by atoms with Crippen LogP contribution in [0, 0.1) is 11.7 Å². The second kappa shape index (κ2) is 9.71. The van der Waals surface area contributed by atoms with Gasteiger partial charge in [-0.05, 0) is 36.4 Å². The van der Waals surface area contributed by atoms with Crippen LogP contribution in [-0.2, 0) is 14.3 Å². The number of ketones is 1. The van der Waals surface area contributed by atoms with Crippen LogP contribution in [-0.4, -0.2) is 43.3 Å². The van der Waals surface area contributed by atoms with Gasteiger partial charge in [0.1, 0.15) is 11.6 Å². The van der Waals surface area contributed by atoms with E-state index in [0.29, 0.717) is 11.4 Å². The monoisotopic (exact) mass is 433 g/mol. The van der Waals surface area contributed by atoms with E-state index in [1.807, 2.05) is 0 Å². The lowest BCUT2D eigenvalue weighted by Crippen LogP contribution is -2.32. The molecule has 0 saturated carbocycles. The first-order valence-electron chi connectivity index (χ1n) is 9.43. The van der Waals surface area contributed by atoms with E-state index in [1.165, 1.54) is 24.1 Å². The summed E-state index contributed by atoms with van der Waals surface area (Å²) in [5.74, 6) is -1.80. The minimum absolute atomic E-state index is 0.0195. The van der Waals surface area contributed by atoms with Crippen LogP contribution in [0.5, 0.6) is 5.75 Å². The molecule has 1 heterocycles. The second-order valence-corrected chi connectivity index (χ2v) is 7.26. The van der Waals surface area contributed by atoms with Crippen molar-refractivity contribution < 1.29 is 28.2 Å². The number of hydrogen-bond donors (Lipinski definition) is 0. The summed E-state index contributed by atoms with van der Waals surface area (Å²) in [7, 11) is 1.53. The fourth-order valence-electron chi connectivity index (χ4n) is 3.27. The number of esters is 1. The van der Waals surface area contributed by atoms with E-state index in [9.17, 15) is 18.8 Å². The molecule has 1 fully saturated rings. The van der Waals surface area contributed by atoms with Gasteiger partial charge in [-0.15, -0.1) is 11.6 Å². The molecule has 6 nitrogen and oxygen atoms in total. The number of methoxy groups -OCH3 is 1. The van der Waals surface area contributed by atoms with Crippen LogP contribution in [0.25, 0.3) is 0 Å². The molecule has 30 heavy (non-hydrogen) atoms. The highest BCUT2D eigenvalue weighted by Crippen LogP contribution is 2.29. The molecule has 0 aliphatic carbocycles. The molecule has 0 aromatic heterocycles. The Morgan fingerprint density at radius 3 is 2.63 bits per heavy atom. The van der Waals surface area contributed by atoms with E-state index in [4.69, 9.17) is 21.1 Å². The normalized spacial score (nSPS) is 17.0. The fourth-order valence-corrected chi connectivity index (χ4v) is 3.47. The first-order valence-corrected chi connectivity index (χ1v) is 9.97. The largest absolute Gasteiger partial charge is 0.497 e. The summed E-state index contributed by atoms with van der Waals surface area (Å²) in [5.41, 5.74) is 0.842. The summed E-state index contributed by atoms with van der Waals surface area (Å²) < 4.78 is 23.7. The standard InChI is InChI=1S/C22H21ClFNO5/c1-29-18-4-2-3-17(12-18)25-13-15(11-20(25)26)22(28)30-19(9-10-23)21(27)14-5-7-16(24)8-6-14/h2-8,12,15,19H,9-11,13H2,1H3. The van der Waals surface area contributed by atoms with Gasteiger partial charge in [-0.2, -0.15) is 0 Å². The molecule has 3 rings (SSSR count). The number of hydrogen-bond acceptors (Lipinski definition) is 5. The van der Waals surface area contributed by atoms with Crippen LogP contribution in [0.4, 0.5) is 10.1 Å². The highest BCUT2D eigenvalue weighted by Gasteiger charge is 2.38. The Hall–Kier alpha value is -2.93. The Bertz CT molecular complexity index is 933. The number of halogens is 2. The van der Waals surface area contributed by atoms with Crippen LogP contribution in [0.3, 0.4) is 0 Å². The Morgan fingerprint density at radius 2 is 1.97 bits per heavy atom. The summed E-state index contributed by atoms with van der Waals surface area (Å²) in [4.78, 5) is 39.3. The van der Waals surface area contributed by atoms with Gasteiger partial charge in [0.2, 0.25) is 11.7 Å². The summed E-state index contributed by atoms with van der Waals surface area (Å²) in [5, 5.41) is 0. The van der Waals surface area contributed by atoms with Crippen molar-refractivity contribution in [3.05, 3.63) is 59.9 Å². The number of ether oxygens (including phenoxy) is 2. The van der Waals surface area contributed by atoms with Crippen LogP contribution >= 0.6 is 11.6 Å². The molecule has 1 amide bonds. The average Bonchev–Trinajstić information content (AvgIpc) is 3.15. The maximum atomic E-state index is 13.1. The van der Waals surface area contributed by atoms with Crippen molar-refractivity contribution in [2.24, 2.45) is 5.92 Å². The molecule has 2 aromatic carbocycles. The summed E-state index contributed by atoms with van der Waals surface area (Å²) in [6.45, 7) is 0.142. The molecule has 1 aliphatic rings. The molecule has 8 heteroatoms. The average molecular weight is 434 g/mol. The highest BCUT2D eigenvalue weighted by molar-refractivity contribution is 6.18. The van der Waals surface area contributed by atoms with Crippen molar-refractivity contribution in [1.29, 1.82) is 0 Å². The first-order chi connectivity index (χ1) is 14.4. The van der Waals surface area contributed by atoms with Gasteiger partial charge >= 0.3 is 5.97 Å². The third-order valence-electron chi connectivity index (χ3n) is 4.87. The summed E-state index contributed by atoms with van der Waals surface area (Å²) >= 11 is 5.77. The van der Waals surface area contributed by atoms with E-state index in [-0.39, 0.29) is 36.7 Å². The van der Waals surface area contributed by atoms with Crippen LogP contribution in [0.2, 0.25) is 0 Å². The summed E-state index contributed by atoms with van der Waals surface area (Å²) in [6, 6.07) is 12.0. The molecule has 1 saturated heterocycles. The maximum Gasteiger partial charge on any atom is 0.312 e. The number of benzene rings is 2. The predicted octanol–water partition coefficient (Wildman–Crippen LogP) is 3.61. The lowest BCUT2D eigenvalue weighted by atomic mass is 10.0. The minimum atomic E-state index is -1.10. The van der Waals surface area contributed by atoms with E-state index in [2.05, 4.69) is 0 Å². The van der Waals surface area contributed by atoms with Crippen molar-refractivity contribution in [3.8, 4) is 5.75 Å². The van der Waals surface area contributed by atoms with Gasteiger partial charge in [0.15, 0.2) is 6.10 Å². The number of alkyl halides is 1. The number of amides is 1. The molecule has 158 valence electrons. The topological polar surface area (TPSA) is 72.9 Å². The Labute approximate surface area is 178 Å². The molecule has 0 spiro atoms. The molecule has 0 radical (unpaired) electrons. The zero-order valence-corrected chi connectivity index (χ0v) is 17.1. The van der Waals surface area contributed by atoms with Crippen LogP contribution in [0.1, 0.15) is 23.2 Å². The zero-order valence-electron chi connectivity index (χ0n) is 16.3. The molecule has 2 atom stereocenters. The predicted molar refractivity (Wildman–Crippen MR) is 109 cm³/mol. The molecule has 0 N–H and O–H groups in total. The number of nitrogens with zero attached hydrogens (tertiary/aromatic N) is 1. The van der Waals surface area contributed by atoms with Gasteiger partial charge in [0.05, 0.1) is 13.0 Å². The van der Waals surface area contributed by atoms with Gasteiger partial charge in [0, 0.05) is 42.6 Å². The lowest BCUT2D eigenvalue weighted by molar-refractivity contribution is -0.151. The number of carbonyl (C=O) groups is 3. The molecule has 0 bridgehead atoms. The number of carbonyl (C=O) groups excluding carboxylic acids is 3. The van der Waals surface area contributed by atoms with Gasteiger partial charge in [0.25, 0.3) is 0 Å². The summed E-state index contributed by atoms with van der Waals surface area (Å²) in [6.07, 6.45) is -1.00. The number of anilines is 1. The van der Waals surface area contributed by atoms with Gasteiger partial charge in [-0.25, -0.2) is 4.39 Å². The Balaban J connectivity index is 1.69. The van der Waals surface area contributed by atoms with Crippen molar-refractivity contribution in [2.45, 2.75) is 18.9 Å². The Kier molecular flexibility index (Phi) is 7.05. The first kappa shape index (κ1) is 21.8. The van der Waals surface area contributed by atoms with Crippen molar-refractivity contribution in [1.82, 2.24) is 0 Å². The number of Topliss-reactive ketones (excluding diaryl/α,β-unsaturated/α-hetero) is 1. The molecule has 1 aliphatic heterocycles. The molecular formula is C22H21ClFNO5. The third-order valence-corrected chi connectivity index (χ3v) is 5.09. The number of rotatable bonds is 8. The van der Waals surface area contributed by atoms with Crippen LogP contribution < -0.4 is 9.64 Å². The van der Waals surface area contributed by atoms with E-state index < -0.39 is 29.6 Å². The Morgan fingerprint density at radius 1 is 1.23 bits per heavy atom. The molecule has 2 aromatic rings. The highest BCUT2D eigenvalue weighted by atomic mass is 35.5. The van der Waals surface area contributed by atoms with Gasteiger partial charge < -0.3 is 14.4 Å². The van der Waals surface area contributed by atoms with E-state index in [0.717, 1.165) is 12.1 Å². The molecular weight excluding hydrogens is 413 g/mol. The smallest absolute Gasteiger partial charge is 0.312 e. The minimum Gasteiger partial charge on any atom is -0.497 e.